The second kappa shape index (κ2) is 8.03. The van der Waals surface area contributed by atoms with Crippen LogP contribution in [0.25, 0.3) is 11.1 Å². The molecule has 0 spiro atoms. The lowest BCUT2D eigenvalue weighted by Crippen LogP contribution is -2.20. The molecular formula is C25H25FO3. The number of ketones is 2. The number of carbonyl (C=O) groups excluding carboxylic acids is 2. The van der Waals surface area contributed by atoms with Crippen molar-refractivity contribution in [1.29, 1.82) is 0 Å². The van der Waals surface area contributed by atoms with E-state index in [1.807, 2.05) is 26.0 Å². The predicted molar refractivity (Wildman–Crippen MR) is 110 cm³/mol. The molecule has 0 saturated carbocycles. The van der Waals surface area contributed by atoms with Crippen molar-refractivity contribution in [3.05, 3.63) is 70.6 Å². The second-order valence-corrected chi connectivity index (χ2v) is 8.16. The van der Waals surface area contributed by atoms with Gasteiger partial charge in [0.05, 0.1) is 0 Å². The molecule has 1 aliphatic heterocycles. The summed E-state index contributed by atoms with van der Waals surface area (Å²) in [5, 5.41) is 0. The Morgan fingerprint density at radius 3 is 2.21 bits per heavy atom. The SMILES string of the molecule is Cc1cc(-c2ccc(F)cc2)cc(C)c1C1C(=O)C=C(CC2CCOCC2)C1=O. The van der Waals surface area contributed by atoms with Gasteiger partial charge in [-0.1, -0.05) is 24.3 Å². The Morgan fingerprint density at radius 2 is 1.59 bits per heavy atom. The van der Waals surface area contributed by atoms with Crippen LogP contribution in [0.1, 0.15) is 41.9 Å². The van der Waals surface area contributed by atoms with Crippen molar-refractivity contribution < 1.29 is 18.7 Å². The molecule has 1 saturated heterocycles. The van der Waals surface area contributed by atoms with Gasteiger partial charge in [0.1, 0.15) is 11.7 Å². The summed E-state index contributed by atoms with van der Waals surface area (Å²) in [5.41, 5.74) is 5.16. The number of allylic oxidation sites excluding steroid dienone is 2. The summed E-state index contributed by atoms with van der Waals surface area (Å²) in [6.07, 6.45) is 4.10. The number of aryl methyl sites for hydroxylation is 2. The number of carbonyl (C=O) groups is 2. The Kier molecular flexibility index (Phi) is 5.46. The van der Waals surface area contributed by atoms with Gasteiger partial charge >= 0.3 is 0 Å². The fourth-order valence-corrected chi connectivity index (χ4v) is 4.57. The van der Waals surface area contributed by atoms with Gasteiger partial charge in [-0.25, -0.2) is 4.39 Å². The van der Waals surface area contributed by atoms with Gasteiger partial charge in [-0.05, 0) is 85.1 Å². The lowest BCUT2D eigenvalue weighted by Gasteiger charge is -2.22. The van der Waals surface area contributed by atoms with E-state index in [9.17, 15) is 14.0 Å². The lowest BCUT2D eigenvalue weighted by atomic mass is 9.83. The molecule has 1 fully saturated rings. The van der Waals surface area contributed by atoms with Crippen LogP contribution in [0.5, 0.6) is 0 Å². The van der Waals surface area contributed by atoms with Gasteiger partial charge in [0.15, 0.2) is 11.6 Å². The molecule has 0 aromatic heterocycles. The average Bonchev–Trinajstić information content (AvgIpc) is 2.96. The van der Waals surface area contributed by atoms with Crippen LogP contribution in [0.15, 0.2) is 48.0 Å². The fraction of sp³-hybridized carbons (Fsp3) is 0.360. The van der Waals surface area contributed by atoms with E-state index in [1.54, 1.807) is 18.2 Å². The zero-order valence-electron chi connectivity index (χ0n) is 16.8. The van der Waals surface area contributed by atoms with E-state index in [1.165, 1.54) is 12.1 Å². The van der Waals surface area contributed by atoms with Gasteiger partial charge in [-0.2, -0.15) is 0 Å². The molecule has 2 aromatic carbocycles. The fourth-order valence-electron chi connectivity index (χ4n) is 4.57. The van der Waals surface area contributed by atoms with Crippen LogP contribution >= 0.6 is 0 Å². The summed E-state index contributed by atoms with van der Waals surface area (Å²) in [6.45, 7) is 5.33. The Morgan fingerprint density at radius 1 is 0.966 bits per heavy atom. The van der Waals surface area contributed by atoms with Crippen LogP contribution in [0.4, 0.5) is 4.39 Å². The number of halogens is 1. The molecule has 3 nitrogen and oxygen atoms in total. The summed E-state index contributed by atoms with van der Waals surface area (Å²) in [7, 11) is 0. The molecule has 1 unspecified atom stereocenters. The zero-order chi connectivity index (χ0) is 20.5. The molecule has 2 aliphatic rings. The monoisotopic (exact) mass is 392 g/mol. The van der Waals surface area contributed by atoms with Crippen molar-refractivity contribution in [3.8, 4) is 11.1 Å². The van der Waals surface area contributed by atoms with Gasteiger partial charge in [-0.3, -0.25) is 9.59 Å². The van der Waals surface area contributed by atoms with E-state index >= 15 is 0 Å². The molecule has 4 heteroatoms. The number of ether oxygens (including phenoxy) is 1. The number of Topliss-reactive ketones (excluding diaryl/α,β-unsaturated/α-hetero) is 1. The molecule has 4 rings (SSSR count). The summed E-state index contributed by atoms with van der Waals surface area (Å²) in [4.78, 5) is 25.9. The maximum Gasteiger partial charge on any atom is 0.174 e. The van der Waals surface area contributed by atoms with Crippen LogP contribution in [-0.2, 0) is 14.3 Å². The molecule has 1 heterocycles. The average molecular weight is 392 g/mol. The van der Waals surface area contributed by atoms with Crippen molar-refractivity contribution in [2.24, 2.45) is 5.92 Å². The molecule has 0 radical (unpaired) electrons. The molecule has 2 aromatic rings. The van der Waals surface area contributed by atoms with Crippen molar-refractivity contribution in [1.82, 2.24) is 0 Å². The smallest absolute Gasteiger partial charge is 0.174 e. The van der Waals surface area contributed by atoms with Crippen LogP contribution in [0.2, 0.25) is 0 Å². The third-order valence-electron chi connectivity index (χ3n) is 6.09. The van der Waals surface area contributed by atoms with E-state index in [-0.39, 0.29) is 17.4 Å². The van der Waals surface area contributed by atoms with Crippen LogP contribution < -0.4 is 0 Å². The number of benzene rings is 2. The molecule has 0 bridgehead atoms. The minimum absolute atomic E-state index is 0.0535. The standard InChI is InChI=1S/C25H25FO3/c1-15-11-19(18-3-5-21(26)6-4-18)12-16(2)23(15)24-22(27)14-20(25(24)28)13-17-7-9-29-10-8-17/h3-6,11-12,14,17,24H,7-10,13H2,1-2H3. The summed E-state index contributed by atoms with van der Waals surface area (Å²) in [5.74, 6) is -0.759. The summed E-state index contributed by atoms with van der Waals surface area (Å²) < 4.78 is 18.6. The molecule has 0 N–H and O–H groups in total. The molecule has 1 aliphatic carbocycles. The first-order chi connectivity index (χ1) is 13.9. The molecule has 0 amide bonds. The lowest BCUT2D eigenvalue weighted by molar-refractivity contribution is -0.123. The highest BCUT2D eigenvalue weighted by molar-refractivity contribution is 6.25. The van der Waals surface area contributed by atoms with E-state index in [0.717, 1.165) is 53.9 Å². The van der Waals surface area contributed by atoms with Crippen molar-refractivity contribution in [2.45, 2.75) is 39.0 Å². The Bertz CT molecular complexity index is 959. The van der Waals surface area contributed by atoms with E-state index in [0.29, 0.717) is 17.9 Å². The third-order valence-corrected chi connectivity index (χ3v) is 6.09. The summed E-state index contributed by atoms with van der Waals surface area (Å²) >= 11 is 0. The first kappa shape index (κ1) is 19.7. The van der Waals surface area contributed by atoms with Gasteiger partial charge < -0.3 is 4.74 Å². The summed E-state index contributed by atoms with van der Waals surface area (Å²) in [6, 6.07) is 10.3. The van der Waals surface area contributed by atoms with Gasteiger partial charge in [0.25, 0.3) is 0 Å². The quantitative estimate of drug-likeness (QED) is 0.681. The number of rotatable bonds is 4. The van der Waals surface area contributed by atoms with E-state index in [2.05, 4.69) is 0 Å². The first-order valence-electron chi connectivity index (χ1n) is 10.2. The van der Waals surface area contributed by atoms with E-state index in [4.69, 9.17) is 4.74 Å². The van der Waals surface area contributed by atoms with Crippen molar-refractivity contribution >= 4 is 11.6 Å². The minimum Gasteiger partial charge on any atom is -0.381 e. The minimum atomic E-state index is -0.730. The van der Waals surface area contributed by atoms with E-state index < -0.39 is 5.92 Å². The van der Waals surface area contributed by atoms with Gasteiger partial charge in [-0.15, -0.1) is 0 Å². The first-order valence-corrected chi connectivity index (χ1v) is 10.2. The van der Waals surface area contributed by atoms with Gasteiger partial charge in [0, 0.05) is 18.8 Å². The Hall–Kier alpha value is -2.59. The largest absolute Gasteiger partial charge is 0.381 e. The van der Waals surface area contributed by atoms with Gasteiger partial charge in [0.2, 0.25) is 0 Å². The van der Waals surface area contributed by atoms with Crippen LogP contribution in [-0.4, -0.2) is 24.8 Å². The molecule has 29 heavy (non-hydrogen) atoms. The van der Waals surface area contributed by atoms with Crippen molar-refractivity contribution in [3.63, 3.8) is 0 Å². The third kappa shape index (κ3) is 3.95. The normalized spacial score (nSPS) is 20.2. The highest BCUT2D eigenvalue weighted by Gasteiger charge is 2.38. The highest BCUT2D eigenvalue weighted by atomic mass is 19.1. The zero-order valence-corrected chi connectivity index (χ0v) is 16.8. The maximum absolute atomic E-state index is 13.2. The second-order valence-electron chi connectivity index (χ2n) is 8.16. The van der Waals surface area contributed by atoms with Crippen LogP contribution in [0, 0.1) is 25.6 Å². The molecule has 150 valence electrons. The topological polar surface area (TPSA) is 43.4 Å². The number of hydrogen-bond acceptors (Lipinski definition) is 3. The Labute approximate surface area is 170 Å². The maximum atomic E-state index is 13.2. The Balaban J connectivity index is 1.60. The highest BCUT2D eigenvalue weighted by Crippen LogP contribution is 2.37. The number of hydrogen-bond donors (Lipinski definition) is 0. The molecular weight excluding hydrogens is 367 g/mol. The van der Waals surface area contributed by atoms with Crippen LogP contribution in [0.3, 0.4) is 0 Å². The predicted octanol–water partition coefficient (Wildman–Crippen LogP) is 5.09. The van der Waals surface area contributed by atoms with Crippen molar-refractivity contribution in [2.75, 3.05) is 13.2 Å². The molecule has 1 atom stereocenters.